The molecule has 0 aromatic carbocycles. The average molecular weight is 512 g/mol. The minimum absolute atomic E-state index is 0.0222. The lowest BCUT2D eigenvalue weighted by molar-refractivity contribution is -0.151. The highest BCUT2D eigenvalue weighted by atomic mass is 16.5. The van der Waals surface area contributed by atoms with Gasteiger partial charge in [-0.1, -0.05) is 33.8 Å². The van der Waals surface area contributed by atoms with Crippen LogP contribution in [0.3, 0.4) is 0 Å². The number of hydrogen-bond donors (Lipinski definition) is 0. The summed E-state index contributed by atoms with van der Waals surface area (Å²) in [7, 11) is 2.30. The van der Waals surface area contributed by atoms with Gasteiger partial charge >= 0.3 is 11.9 Å². The number of carbonyl (C=O) groups is 2. The van der Waals surface area contributed by atoms with Crippen LogP contribution < -0.4 is 0 Å². The van der Waals surface area contributed by atoms with E-state index in [1.807, 2.05) is 0 Å². The number of hydrogen-bond acceptors (Lipinski definition) is 5. The molecule has 0 aromatic heterocycles. The molecule has 3 fully saturated rings. The lowest BCUT2D eigenvalue weighted by Gasteiger charge is -2.57. The zero-order valence-corrected chi connectivity index (χ0v) is 24.2. The molecule has 0 radical (unpaired) electrons. The fourth-order valence-corrected chi connectivity index (χ4v) is 10.2. The van der Waals surface area contributed by atoms with E-state index in [2.05, 4.69) is 51.8 Å². The quantitative estimate of drug-likeness (QED) is 0.402. The van der Waals surface area contributed by atoms with Crippen LogP contribution in [0.25, 0.3) is 0 Å². The van der Waals surface area contributed by atoms with Crippen molar-refractivity contribution in [1.29, 1.82) is 0 Å². The maximum absolute atomic E-state index is 12.3. The Morgan fingerprint density at radius 1 is 1.08 bits per heavy atom. The molecule has 10 atom stereocenters. The third-order valence-corrected chi connectivity index (χ3v) is 11.7. The highest BCUT2D eigenvalue weighted by molar-refractivity contribution is 5.67. The molecule has 10 unspecified atom stereocenters. The van der Waals surface area contributed by atoms with Crippen LogP contribution in [0.5, 0.6) is 0 Å². The third-order valence-electron chi connectivity index (χ3n) is 11.7. The van der Waals surface area contributed by atoms with Gasteiger partial charge in [0.1, 0.15) is 11.9 Å². The molecule has 1 aliphatic heterocycles. The first-order valence-electron chi connectivity index (χ1n) is 14.9. The summed E-state index contributed by atoms with van der Waals surface area (Å²) in [5.74, 6) is 3.97. The second kappa shape index (κ2) is 9.84. The summed E-state index contributed by atoms with van der Waals surface area (Å²) >= 11 is 0. The van der Waals surface area contributed by atoms with Gasteiger partial charge in [-0.2, -0.15) is 0 Å². The van der Waals surface area contributed by atoms with E-state index in [0.717, 1.165) is 37.4 Å². The molecule has 37 heavy (non-hydrogen) atoms. The molecule has 0 spiro atoms. The molecule has 5 rings (SSSR count). The molecule has 0 amide bonds. The van der Waals surface area contributed by atoms with Crippen molar-refractivity contribution in [2.45, 2.75) is 105 Å². The van der Waals surface area contributed by atoms with Crippen LogP contribution in [-0.2, 0) is 19.1 Å². The molecule has 5 heteroatoms. The number of carbonyl (C=O) groups excluding carboxylic acids is 2. The van der Waals surface area contributed by atoms with E-state index < -0.39 is 0 Å². The van der Waals surface area contributed by atoms with Crippen LogP contribution in [0, 0.1) is 46.3 Å². The van der Waals surface area contributed by atoms with E-state index in [0.29, 0.717) is 35.6 Å². The fourth-order valence-electron chi connectivity index (χ4n) is 10.2. The second-order valence-electron chi connectivity index (χ2n) is 13.9. The maximum Gasteiger partial charge on any atom is 0.307 e. The Balaban J connectivity index is 1.44. The van der Waals surface area contributed by atoms with Crippen LogP contribution in [-0.4, -0.2) is 42.6 Å². The Kier molecular flexibility index (Phi) is 7.17. The molecular formula is C32H49NO4. The SMILES string of the molecule is CC(=O)OC1=CC2=CCC3C(CCC4(C)C3CC(OC(C)=O)C4C(C)C3CCC(C)CN3C)C2(C)CC1. The Hall–Kier alpha value is -1.62. The van der Waals surface area contributed by atoms with Crippen molar-refractivity contribution in [3.63, 3.8) is 0 Å². The summed E-state index contributed by atoms with van der Waals surface area (Å²) in [6.07, 6.45) is 13.6. The molecule has 206 valence electrons. The van der Waals surface area contributed by atoms with Crippen molar-refractivity contribution in [2.75, 3.05) is 13.6 Å². The minimum Gasteiger partial charge on any atom is -0.462 e. The number of ether oxygens (including phenoxy) is 2. The number of likely N-dealkylation sites (tertiary alicyclic amines) is 1. The minimum atomic E-state index is -0.224. The van der Waals surface area contributed by atoms with Gasteiger partial charge in [-0.25, -0.2) is 0 Å². The molecule has 0 N–H and O–H groups in total. The fraction of sp³-hybridized carbons (Fsp3) is 0.812. The number of esters is 2. The molecule has 1 heterocycles. The number of nitrogens with zero attached hydrogens (tertiary/aromatic N) is 1. The van der Waals surface area contributed by atoms with Gasteiger partial charge in [0, 0.05) is 38.8 Å². The van der Waals surface area contributed by atoms with E-state index in [-0.39, 0.29) is 28.9 Å². The molecule has 2 saturated carbocycles. The van der Waals surface area contributed by atoms with Gasteiger partial charge in [-0.15, -0.1) is 0 Å². The van der Waals surface area contributed by atoms with Crippen LogP contribution >= 0.6 is 0 Å². The molecule has 1 saturated heterocycles. The van der Waals surface area contributed by atoms with E-state index in [1.165, 1.54) is 44.7 Å². The van der Waals surface area contributed by atoms with E-state index in [1.54, 1.807) is 6.92 Å². The molecule has 0 bridgehead atoms. The summed E-state index contributed by atoms with van der Waals surface area (Å²) < 4.78 is 11.7. The summed E-state index contributed by atoms with van der Waals surface area (Å²) in [5, 5.41) is 0. The highest BCUT2D eigenvalue weighted by Crippen LogP contribution is 2.67. The van der Waals surface area contributed by atoms with Crippen molar-refractivity contribution in [2.24, 2.45) is 46.3 Å². The molecule has 5 aliphatic rings. The number of fused-ring (bicyclic) bond motifs is 5. The highest BCUT2D eigenvalue weighted by Gasteiger charge is 2.63. The van der Waals surface area contributed by atoms with E-state index >= 15 is 0 Å². The summed E-state index contributed by atoms with van der Waals surface area (Å²) in [5.41, 5.74) is 1.70. The Morgan fingerprint density at radius 3 is 2.51 bits per heavy atom. The summed E-state index contributed by atoms with van der Waals surface area (Å²) in [6, 6.07) is 0.561. The van der Waals surface area contributed by atoms with Gasteiger partial charge in [0.15, 0.2) is 0 Å². The Labute approximate surface area is 224 Å². The summed E-state index contributed by atoms with van der Waals surface area (Å²) in [6.45, 7) is 14.1. The normalized spacial score (nSPS) is 44.5. The van der Waals surface area contributed by atoms with Crippen molar-refractivity contribution >= 4 is 11.9 Å². The second-order valence-corrected chi connectivity index (χ2v) is 13.9. The Bertz CT molecular complexity index is 985. The van der Waals surface area contributed by atoms with E-state index in [9.17, 15) is 9.59 Å². The van der Waals surface area contributed by atoms with Crippen LogP contribution in [0.15, 0.2) is 23.5 Å². The van der Waals surface area contributed by atoms with Gasteiger partial charge in [0.05, 0.1) is 0 Å². The third kappa shape index (κ3) is 4.61. The predicted octanol–water partition coefficient (Wildman–Crippen LogP) is 6.53. The monoisotopic (exact) mass is 511 g/mol. The number of allylic oxidation sites excluding steroid dienone is 4. The van der Waals surface area contributed by atoms with Crippen LogP contribution in [0.4, 0.5) is 0 Å². The van der Waals surface area contributed by atoms with Crippen molar-refractivity contribution < 1.29 is 19.1 Å². The number of piperidine rings is 1. The predicted molar refractivity (Wildman–Crippen MR) is 145 cm³/mol. The zero-order valence-electron chi connectivity index (χ0n) is 24.2. The van der Waals surface area contributed by atoms with Gasteiger partial charge in [-0.3, -0.25) is 9.59 Å². The number of rotatable bonds is 4. The zero-order chi connectivity index (χ0) is 26.7. The Morgan fingerprint density at radius 2 is 1.84 bits per heavy atom. The smallest absolute Gasteiger partial charge is 0.307 e. The molecular weight excluding hydrogens is 462 g/mol. The van der Waals surface area contributed by atoms with E-state index in [4.69, 9.17) is 9.47 Å². The van der Waals surface area contributed by atoms with Crippen LogP contribution in [0.2, 0.25) is 0 Å². The van der Waals surface area contributed by atoms with Crippen LogP contribution in [0.1, 0.15) is 92.9 Å². The van der Waals surface area contributed by atoms with Gasteiger partial charge < -0.3 is 14.4 Å². The molecule has 5 nitrogen and oxygen atoms in total. The first-order valence-corrected chi connectivity index (χ1v) is 14.9. The lowest BCUT2D eigenvalue weighted by Crippen LogP contribution is -2.53. The standard InChI is InChI=1S/C32H49NO4/c1-19-8-11-28(33(7)18-19)20(2)30-29(37-22(4)35)17-27-25-10-9-23-16-24(36-21(3)34)12-14-31(23,5)26(25)13-15-32(27,30)6/h9,16,19-20,25-30H,8,10-15,17-18H2,1-7H3. The molecule has 4 aliphatic carbocycles. The first kappa shape index (κ1) is 27.0. The van der Waals surface area contributed by atoms with Gasteiger partial charge in [-0.05, 0) is 104 Å². The lowest BCUT2D eigenvalue weighted by atomic mass is 9.47. The largest absolute Gasteiger partial charge is 0.462 e. The average Bonchev–Trinajstić information content (AvgIpc) is 3.09. The first-order chi connectivity index (χ1) is 17.4. The summed E-state index contributed by atoms with van der Waals surface area (Å²) in [4.78, 5) is 26.5. The molecule has 0 aromatic rings. The van der Waals surface area contributed by atoms with Crippen molar-refractivity contribution in [3.8, 4) is 0 Å². The van der Waals surface area contributed by atoms with Crippen molar-refractivity contribution in [1.82, 2.24) is 4.90 Å². The van der Waals surface area contributed by atoms with Gasteiger partial charge in [0.2, 0.25) is 0 Å². The van der Waals surface area contributed by atoms with Gasteiger partial charge in [0.25, 0.3) is 0 Å². The van der Waals surface area contributed by atoms with Crippen molar-refractivity contribution in [3.05, 3.63) is 23.5 Å². The topological polar surface area (TPSA) is 55.8 Å². The maximum atomic E-state index is 12.3.